The molecule has 3 heteroatoms. The van der Waals surface area contributed by atoms with Gasteiger partial charge in [-0.1, -0.05) is 12.2 Å². The van der Waals surface area contributed by atoms with E-state index in [1.54, 1.807) is 13.0 Å². The Kier molecular flexibility index (Phi) is 3.65. The van der Waals surface area contributed by atoms with Crippen LogP contribution in [0.3, 0.4) is 0 Å². The fourth-order valence-electron chi connectivity index (χ4n) is 1.22. The number of nitrogens with two attached hydrogens (primary N) is 2. The Morgan fingerprint density at radius 2 is 2.14 bits per heavy atom. The van der Waals surface area contributed by atoms with E-state index in [0.29, 0.717) is 12.2 Å². The van der Waals surface area contributed by atoms with Gasteiger partial charge in [-0.25, -0.2) is 4.39 Å². The standard InChI is InChI=1S/C11H15FN2/c1-8-6-10(12)7-9(11(8)14)4-2-3-5-13/h2,4,6-7H,3,5,13-14H2,1H3. The van der Waals surface area contributed by atoms with Gasteiger partial charge in [-0.2, -0.15) is 0 Å². The number of aryl methyl sites for hydroxylation is 1. The van der Waals surface area contributed by atoms with Gasteiger partial charge < -0.3 is 11.5 Å². The van der Waals surface area contributed by atoms with Crippen LogP contribution in [0, 0.1) is 12.7 Å². The second-order valence-electron chi connectivity index (χ2n) is 3.21. The molecule has 1 aromatic carbocycles. The fraction of sp³-hybridized carbons (Fsp3) is 0.273. The van der Waals surface area contributed by atoms with Crippen molar-refractivity contribution < 1.29 is 4.39 Å². The summed E-state index contributed by atoms with van der Waals surface area (Å²) in [5.74, 6) is -0.260. The maximum atomic E-state index is 13.0. The first-order valence-corrected chi connectivity index (χ1v) is 4.57. The van der Waals surface area contributed by atoms with Crippen molar-refractivity contribution in [2.24, 2.45) is 5.73 Å². The Balaban J connectivity index is 2.96. The van der Waals surface area contributed by atoms with Gasteiger partial charge in [0.25, 0.3) is 0 Å². The van der Waals surface area contributed by atoms with Crippen LogP contribution in [0.1, 0.15) is 17.5 Å². The van der Waals surface area contributed by atoms with Crippen molar-refractivity contribution >= 4 is 11.8 Å². The zero-order chi connectivity index (χ0) is 10.6. The van der Waals surface area contributed by atoms with Crippen molar-refractivity contribution in [1.82, 2.24) is 0 Å². The van der Waals surface area contributed by atoms with Crippen LogP contribution in [0.15, 0.2) is 18.2 Å². The summed E-state index contributed by atoms with van der Waals surface area (Å²) in [7, 11) is 0. The van der Waals surface area contributed by atoms with Crippen molar-refractivity contribution in [3.63, 3.8) is 0 Å². The lowest BCUT2D eigenvalue weighted by molar-refractivity contribution is 0.626. The molecule has 0 saturated heterocycles. The third-order valence-corrected chi connectivity index (χ3v) is 2.01. The largest absolute Gasteiger partial charge is 0.398 e. The highest BCUT2D eigenvalue weighted by atomic mass is 19.1. The molecule has 1 aromatic rings. The number of rotatable bonds is 3. The quantitative estimate of drug-likeness (QED) is 0.724. The zero-order valence-electron chi connectivity index (χ0n) is 8.26. The maximum Gasteiger partial charge on any atom is 0.124 e. The highest BCUT2D eigenvalue weighted by Gasteiger charge is 2.01. The summed E-state index contributed by atoms with van der Waals surface area (Å²) < 4.78 is 13.0. The molecule has 76 valence electrons. The van der Waals surface area contributed by atoms with Gasteiger partial charge in [0.1, 0.15) is 5.82 Å². The van der Waals surface area contributed by atoms with Crippen molar-refractivity contribution in [1.29, 1.82) is 0 Å². The van der Waals surface area contributed by atoms with Crippen LogP contribution in [-0.4, -0.2) is 6.54 Å². The van der Waals surface area contributed by atoms with Crippen LogP contribution in [-0.2, 0) is 0 Å². The number of halogens is 1. The summed E-state index contributed by atoms with van der Waals surface area (Å²) >= 11 is 0. The molecule has 14 heavy (non-hydrogen) atoms. The summed E-state index contributed by atoms with van der Waals surface area (Å²) in [6.45, 7) is 2.38. The average molecular weight is 194 g/mol. The molecule has 0 aliphatic carbocycles. The molecule has 0 radical (unpaired) electrons. The molecule has 0 fully saturated rings. The Morgan fingerprint density at radius 3 is 2.79 bits per heavy atom. The van der Waals surface area contributed by atoms with Gasteiger partial charge in [0.15, 0.2) is 0 Å². The summed E-state index contributed by atoms with van der Waals surface area (Å²) in [6.07, 6.45) is 4.47. The van der Waals surface area contributed by atoms with Gasteiger partial charge in [-0.3, -0.25) is 0 Å². The third-order valence-electron chi connectivity index (χ3n) is 2.01. The normalized spacial score (nSPS) is 11.1. The van der Waals surface area contributed by atoms with Crippen LogP contribution in [0.25, 0.3) is 6.08 Å². The van der Waals surface area contributed by atoms with Crippen molar-refractivity contribution in [3.05, 3.63) is 35.2 Å². The minimum absolute atomic E-state index is 0.260. The van der Waals surface area contributed by atoms with E-state index < -0.39 is 0 Å². The van der Waals surface area contributed by atoms with Crippen molar-refractivity contribution in [2.45, 2.75) is 13.3 Å². The molecular formula is C11H15FN2. The van der Waals surface area contributed by atoms with Crippen molar-refractivity contribution in [3.8, 4) is 0 Å². The van der Waals surface area contributed by atoms with Gasteiger partial charge >= 0.3 is 0 Å². The summed E-state index contributed by atoms with van der Waals surface area (Å²) in [4.78, 5) is 0. The van der Waals surface area contributed by atoms with Gasteiger partial charge in [-0.05, 0) is 37.6 Å². The third kappa shape index (κ3) is 2.57. The minimum Gasteiger partial charge on any atom is -0.398 e. The maximum absolute atomic E-state index is 13.0. The van der Waals surface area contributed by atoms with Gasteiger partial charge in [0, 0.05) is 11.3 Å². The second kappa shape index (κ2) is 4.77. The van der Waals surface area contributed by atoms with Crippen molar-refractivity contribution in [2.75, 3.05) is 12.3 Å². The first-order valence-electron chi connectivity index (χ1n) is 4.57. The van der Waals surface area contributed by atoms with E-state index in [0.717, 1.165) is 17.5 Å². The van der Waals surface area contributed by atoms with Crippen LogP contribution in [0.4, 0.5) is 10.1 Å². The molecule has 0 amide bonds. The van der Waals surface area contributed by atoms with E-state index in [4.69, 9.17) is 11.5 Å². The number of hydrogen-bond acceptors (Lipinski definition) is 2. The molecule has 0 saturated carbocycles. The number of benzene rings is 1. The lowest BCUT2D eigenvalue weighted by atomic mass is 10.1. The Hall–Kier alpha value is -1.35. The number of anilines is 1. The molecule has 0 aliphatic heterocycles. The Labute approximate surface area is 83.4 Å². The predicted molar refractivity (Wildman–Crippen MR) is 58.3 cm³/mol. The molecule has 0 heterocycles. The second-order valence-corrected chi connectivity index (χ2v) is 3.21. The first kappa shape index (κ1) is 10.7. The van der Waals surface area contributed by atoms with Gasteiger partial charge in [-0.15, -0.1) is 0 Å². The molecule has 4 N–H and O–H groups in total. The molecule has 0 atom stereocenters. The Morgan fingerprint density at radius 1 is 1.43 bits per heavy atom. The molecule has 0 bridgehead atoms. The lowest BCUT2D eigenvalue weighted by Crippen LogP contribution is -1.96. The van der Waals surface area contributed by atoms with Crippen LogP contribution < -0.4 is 11.5 Å². The molecule has 0 aliphatic rings. The van der Waals surface area contributed by atoms with Crippen LogP contribution in [0.5, 0.6) is 0 Å². The fourth-order valence-corrected chi connectivity index (χ4v) is 1.22. The van der Waals surface area contributed by atoms with E-state index in [-0.39, 0.29) is 5.82 Å². The lowest BCUT2D eigenvalue weighted by Gasteiger charge is -2.04. The smallest absolute Gasteiger partial charge is 0.124 e. The summed E-state index contributed by atoms with van der Waals surface area (Å²) in [6, 6.07) is 2.85. The molecule has 1 rings (SSSR count). The molecular weight excluding hydrogens is 179 g/mol. The predicted octanol–water partition coefficient (Wildman–Crippen LogP) is 2.08. The number of nitrogen functional groups attached to an aromatic ring is 1. The van der Waals surface area contributed by atoms with E-state index in [1.807, 2.05) is 6.08 Å². The summed E-state index contributed by atoms with van der Waals surface area (Å²) in [5, 5.41) is 0. The van der Waals surface area contributed by atoms with Crippen LogP contribution in [0.2, 0.25) is 0 Å². The highest BCUT2D eigenvalue weighted by molar-refractivity contribution is 5.67. The van der Waals surface area contributed by atoms with E-state index in [9.17, 15) is 4.39 Å². The van der Waals surface area contributed by atoms with Gasteiger partial charge in [0.2, 0.25) is 0 Å². The topological polar surface area (TPSA) is 52.0 Å². The minimum atomic E-state index is -0.260. The summed E-state index contributed by atoms with van der Waals surface area (Å²) in [5.41, 5.74) is 13.2. The SMILES string of the molecule is Cc1cc(F)cc(C=CCCN)c1N. The molecule has 0 aromatic heterocycles. The molecule has 0 spiro atoms. The van der Waals surface area contributed by atoms with E-state index >= 15 is 0 Å². The first-order chi connectivity index (χ1) is 6.65. The highest BCUT2D eigenvalue weighted by Crippen LogP contribution is 2.20. The van der Waals surface area contributed by atoms with Gasteiger partial charge in [0.05, 0.1) is 0 Å². The van der Waals surface area contributed by atoms with E-state index in [1.165, 1.54) is 12.1 Å². The number of hydrogen-bond donors (Lipinski definition) is 2. The monoisotopic (exact) mass is 194 g/mol. The molecule has 0 unspecified atom stereocenters. The zero-order valence-corrected chi connectivity index (χ0v) is 8.26. The van der Waals surface area contributed by atoms with Crippen LogP contribution >= 0.6 is 0 Å². The Bertz CT molecular complexity index is 345. The van der Waals surface area contributed by atoms with E-state index in [2.05, 4.69) is 0 Å². The average Bonchev–Trinajstić information content (AvgIpc) is 2.13. The molecule has 2 nitrogen and oxygen atoms in total.